The van der Waals surface area contributed by atoms with E-state index in [0.717, 1.165) is 24.9 Å². The van der Waals surface area contributed by atoms with Gasteiger partial charge in [0.2, 0.25) is 0 Å². The Balaban J connectivity index is 1.68. The van der Waals surface area contributed by atoms with Crippen LogP contribution in [0.4, 0.5) is 0 Å². The summed E-state index contributed by atoms with van der Waals surface area (Å²) in [6.45, 7) is 4.98. The number of carbonyl (C=O) groups is 1. The van der Waals surface area contributed by atoms with Crippen molar-refractivity contribution in [3.63, 3.8) is 0 Å². The lowest BCUT2D eigenvalue weighted by Gasteiger charge is -2.22. The maximum Gasteiger partial charge on any atom is 0.259 e. The topological polar surface area (TPSA) is 66.1 Å². The fourth-order valence-corrected chi connectivity index (χ4v) is 5.60. The fraction of sp³-hybridized carbons (Fsp3) is 0.389. The van der Waals surface area contributed by atoms with Gasteiger partial charge in [-0.3, -0.25) is 14.5 Å². The molecule has 25 heavy (non-hydrogen) atoms. The van der Waals surface area contributed by atoms with Crippen molar-refractivity contribution in [1.29, 1.82) is 0 Å². The van der Waals surface area contributed by atoms with E-state index < -0.39 is 0 Å². The Morgan fingerprint density at radius 3 is 3.04 bits per heavy atom. The van der Waals surface area contributed by atoms with Crippen molar-refractivity contribution in [2.45, 2.75) is 39.3 Å². The molecule has 7 heteroatoms. The van der Waals surface area contributed by atoms with Gasteiger partial charge in [-0.1, -0.05) is 6.07 Å². The number of hydrogen-bond donors (Lipinski definition) is 1. The molecule has 0 aromatic carbocycles. The molecule has 0 radical (unpaired) electrons. The summed E-state index contributed by atoms with van der Waals surface area (Å²) < 4.78 is 0. The molecule has 0 saturated carbocycles. The summed E-state index contributed by atoms with van der Waals surface area (Å²) in [7, 11) is 0. The summed E-state index contributed by atoms with van der Waals surface area (Å²) in [5, 5.41) is 2.66. The fourth-order valence-electron chi connectivity index (χ4n) is 3.61. The van der Waals surface area contributed by atoms with E-state index in [1.165, 1.54) is 23.1 Å². The number of carbonyl (C=O) groups excluding carboxylic acids is 1. The molecular weight excluding hydrogens is 354 g/mol. The molecule has 1 atom stereocenters. The predicted molar refractivity (Wildman–Crippen MR) is 102 cm³/mol. The van der Waals surface area contributed by atoms with Crippen molar-refractivity contribution < 1.29 is 4.79 Å². The van der Waals surface area contributed by atoms with Crippen LogP contribution in [0, 0.1) is 6.92 Å². The third-order valence-electron chi connectivity index (χ3n) is 4.76. The van der Waals surface area contributed by atoms with Crippen LogP contribution in [0.1, 0.15) is 51.7 Å². The number of hydrogen-bond acceptors (Lipinski definition) is 6. The number of ketones is 1. The molecule has 3 aromatic heterocycles. The third kappa shape index (κ3) is 2.96. The van der Waals surface area contributed by atoms with Crippen LogP contribution >= 0.6 is 22.7 Å². The lowest BCUT2D eigenvalue weighted by molar-refractivity contribution is 0.102. The summed E-state index contributed by atoms with van der Waals surface area (Å²) >= 11 is 3.10. The van der Waals surface area contributed by atoms with Gasteiger partial charge in [0.1, 0.15) is 10.7 Å². The number of nitrogens with zero attached hydrogens (tertiary/aromatic N) is 2. The van der Waals surface area contributed by atoms with E-state index in [0.29, 0.717) is 33.5 Å². The van der Waals surface area contributed by atoms with E-state index in [1.807, 2.05) is 6.92 Å². The molecule has 5 nitrogen and oxygen atoms in total. The van der Waals surface area contributed by atoms with Crippen LogP contribution in [0.15, 0.2) is 22.3 Å². The van der Waals surface area contributed by atoms with Gasteiger partial charge in [0.25, 0.3) is 5.56 Å². The minimum atomic E-state index is -0.145. The second kappa shape index (κ2) is 6.48. The highest BCUT2D eigenvalue weighted by atomic mass is 32.1. The number of aromatic nitrogens is 2. The number of aromatic amines is 1. The number of aryl methyl sites for hydroxylation is 1. The van der Waals surface area contributed by atoms with E-state index in [2.05, 4.69) is 32.4 Å². The Kier molecular flexibility index (Phi) is 4.31. The van der Waals surface area contributed by atoms with Crippen molar-refractivity contribution in [1.82, 2.24) is 14.9 Å². The second-order valence-corrected chi connectivity index (χ2v) is 8.43. The Hall–Kier alpha value is -1.83. The van der Waals surface area contributed by atoms with Gasteiger partial charge in [-0.05, 0) is 50.2 Å². The van der Waals surface area contributed by atoms with E-state index in [9.17, 15) is 9.59 Å². The summed E-state index contributed by atoms with van der Waals surface area (Å²) in [6, 6.07) is 4.66. The molecule has 1 saturated heterocycles. The average Bonchev–Trinajstić information content (AvgIpc) is 3.26. The maximum absolute atomic E-state index is 12.5. The molecule has 0 amide bonds. The van der Waals surface area contributed by atoms with Gasteiger partial charge in [0.05, 0.1) is 16.8 Å². The monoisotopic (exact) mass is 373 g/mol. The molecule has 130 valence electrons. The number of Topliss-reactive ketones (excluding diaryl/α,β-unsaturated/α-hetero) is 1. The van der Waals surface area contributed by atoms with Crippen molar-refractivity contribution >= 4 is 38.7 Å². The van der Waals surface area contributed by atoms with Crippen LogP contribution in [-0.2, 0) is 6.54 Å². The zero-order valence-electron chi connectivity index (χ0n) is 14.2. The van der Waals surface area contributed by atoms with Gasteiger partial charge in [0.15, 0.2) is 5.78 Å². The first-order chi connectivity index (χ1) is 12.0. The number of fused-ring (bicyclic) bond motifs is 1. The van der Waals surface area contributed by atoms with Crippen molar-refractivity contribution in [2.24, 2.45) is 0 Å². The predicted octanol–water partition coefficient (Wildman–Crippen LogP) is 3.89. The summed E-state index contributed by atoms with van der Waals surface area (Å²) in [6.07, 6.45) is 2.29. The van der Waals surface area contributed by atoms with Gasteiger partial charge in [-0.15, -0.1) is 22.7 Å². The van der Waals surface area contributed by atoms with E-state index in [-0.39, 0.29) is 11.3 Å². The van der Waals surface area contributed by atoms with Crippen molar-refractivity contribution in [3.8, 4) is 0 Å². The highest BCUT2D eigenvalue weighted by molar-refractivity contribution is 7.20. The average molecular weight is 374 g/mol. The van der Waals surface area contributed by atoms with Crippen molar-refractivity contribution in [2.75, 3.05) is 6.54 Å². The number of thiophene rings is 2. The summed E-state index contributed by atoms with van der Waals surface area (Å²) in [5.74, 6) is 0.663. The molecule has 0 bridgehead atoms. The molecule has 4 heterocycles. The van der Waals surface area contributed by atoms with Gasteiger partial charge in [-0.2, -0.15) is 0 Å². The summed E-state index contributed by atoms with van der Waals surface area (Å²) in [4.78, 5) is 36.9. The van der Waals surface area contributed by atoms with E-state index in [1.54, 1.807) is 11.3 Å². The summed E-state index contributed by atoms with van der Waals surface area (Å²) in [5.41, 5.74) is 0.596. The van der Waals surface area contributed by atoms with Gasteiger partial charge < -0.3 is 4.98 Å². The van der Waals surface area contributed by atoms with Crippen LogP contribution in [-0.4, -0.2) is 27.2 Å². The molecule has 4 rings (SSSR count). The second-order valence-electron chi connectivity index (χ2n) is 6.45. The molecule has 1 fully saturated rings. The first-order valence-corrected chi connectivity index (χ1v) is 10.0. The standard InChI is InChI=1S/C18H19N3O2S2/c1-10-15-17(23)19-14(20-18(15)25-16(10)11(2)22)9-21-7-3-5-12(21)13-6-4-8-24-13/h4,6,8,12H,3,5,7,9H2,1-2H3,(H,19,20,23)/t12-/m1/s1. The minimum absolute atomic E-state index is 0.0150. The number of H-pyrrole nitrogens is 1. The number of rotatable bonds is 4. The van der Waals surface area contributed by atoms with Gasteiger partial charge >= 0.3 is 0 Å². The van der Waals surface area contributed by atoms with Crippen LogP contribution in [0.25, 0.3) is 10.2 Å². The van der Waals surface area contributed by atoms with Gasteiger partial charge in [-0.25, -0.2) is 4.98 Å². The molecule has 0 spiro atoms. The Bertz CT molecular complexity index is 988. The van der Waals surface area contributed by atoms with Crippen LogP contribution in [0.2, 0.25) is 0 Å². The van der Waals surface area contributed by atoms with E-state index in [4.69, 9.17) is 0 Å². The maximum atomic E-state index is 12.5. The lowest BCUT2D eigenvalue weighted by atomic mass is 10.2. The smallest absolute Gasteiger partial charge is 0.259 e. The zero-order chi connectivity index (χ0) is 17.6. The minimum Gasteiger partial charge on any atom is -0.309 e. The Labute approximate surface area is 153 Å². The number of likely N-dealkylation sites (tertiary alicyclic amines) is 1. The molecule has 0 unspecified atom stereocenters. The quantitative estimate of drug-likeness (QED) is 0.705. The number of nitrogens with one attached hydrogen (secondary N) is 1. The zero-order valence-corrected chi connectivity index (χ0v) is 15.8. The Morgan fingerprint density at radius 1 is 1.48 bits per heavy atom. The van der Waals surface area contributed by atoms with Crippen molar-refractivity contribution in [3.05, 3.63) is 49.0 Å². The molecule has 0 aliphatic carbocycles. The Morgan fingerprint density at radius 2 is 2.32 bits per heavy atom. The van der Waals surface area contributed by atoms with Gasteiger partial charge in [0, 0.05) is 10.9 Å². The first-order valence-electron chi connectivity index (χ1n) is 8.35. The molecular formula is C18H19N3O2S2. The largest absolute Gasteiger partial charge is 0.309 e. The molecule has 1 aliphatic heterocycles. The highest BCUT2D eigenvalue weighted by Gasteiger charge is 2.27. The third-order valence-corrected chi connectivity index (χ3v) is 7.02. The molecule has 3 aromatic rings. The SMILES string of the molecule is CC(=O)c1sc2nc(CN3CCC[C@@H]3c3cccs3)[nH]c(=O)c2c1C. The lowest BCUT2D eigenvalue weighted by Crippen LogP contribution is -2.25. The van der Waals surface area contributed by atoms with Crippen LogP contribution in [0.5, 0.6) is 0 Å². The van der Waals surface area contributed by atoms with Crippen LogP contribution < -0.4 is 5.56 Å². The molecule has 1 N–H and O–H groups in total. The molecule has 1 aliphatic rings. The van der Waals surface area contributed by atoms with E-state index >= 15 is 0 Å². The normalized spacial score (nSPS) is 18.2. The first kappa shape index (κ1) is 16.6. The van der Waals surface area contributed by atoms with Crippen LogP contribution in [0.3, 0.4) is 0 Å². The highest BCUT2D eigenvalue weighted by Crippen LogP contribution is 2.35.